The Hall–Kier alpha value is -1.96. The van der Waals surface area contributed by atoms with Crippen LogP contribution in [0, 0.1) is 16.3 Å². The van der Waals surface area contributed by atoms with Gasteiger partial charge in [-0.1, -0.05) is 6.07 Å². The second kappa shape index (κ2) is 5.54. The Morgan fingerprint density at radius 1 is 1.17 bits per heavy atom. The van der Waals surface area contributed by atoms with E-state index in [0.29, 0.717) is 24.4 Å². The number of aryl methyl sites for hydroxylation is 1. The van der Waals surface area contributed by atoms with Crippen LogP contribution in [0.3, 0.4) is 0 Å². The van der Waals surface area contributed by atoms with Crippen LogP contribution in [0.25, 0.3) is 10.9 Å². The zero-order chi connectivity index (χ0) is 17.0. The van der Waals surface area contributed by atoms with E-state index in [1.54, 1.807) is 23.7 Å². The van der Waals surface area contributed by atoms with E-state index in [0.717, 1.165) is 25.8 Å². The molecule has 0 atom stereocenters. The van der Waals surface area contributed by atoms with Crippen molar-refractivity contribution in [1.29, 1.82) is 0 Å². The van der Waals surface area contributed by atoms with Gasteiger partial charge in [0.1, 0.15) is 5.82 Å². The molecule has 0 amide bonds. The van der Waals surface area contributed by atoms with E-state index in [9.17, 15) is 9.18 Å². The Bertz CT molecular complexity index is 1040. The molecule has 3 aromatic rings. The Balaban J connectivity index is 1.87. The molecule has 0 radical (unpaired) electrons. The van der Waals surface area contributed by atoms with Gasteiger partial charge in [0.15, 0.2) is 0 Å². The first-order chi connectivity index (χ1) is 11.4. The topological polar surface area (TPSA) is 38.1 Å². The third-order valence-corrected chi connectivity index (χ3v) is 5.25. The van der Waals surface area contributed by atoms with Crippen LogP contribution in [0.1, 0.15) is 16.7 Å². The van der Waals surface area contributed by atoms with Crippen molar-refractivity contribution in [3.63, 3.8) is 0 Å². The summed E-state index contributed by atoms with van der Waals surface area (Å²) in [5, 5.41) is 0.633. The first-order valence-electron chi connectivity index (χ1n) is 7.63. The molecule has 2 heterocycles. The first kappa shape index (κ1) is 15.6. The van der Waals surface area contributed by atoms with Gasteiger partial charge in [-0.05, 0) is 70.5 Å². The summed E-state index contributed by atoms with van der Waals surface area (Å²) in [5.74, 6) is 0.381. The summed E-state index contributed by atoms with van der Waals surface area (Å²) in [5.41, 5.74) is 3.73. The van der Waals surface area contributed by atoms with Crippen molar-refractivity contribution < 1.29 is 4.39 Å². The normalized spacial score (nSPS) is 13.6. The molecule has 0 spiro atoms. The van der Waals surface area contributed by atoms with Gasteiger partial charge in [0, 0.05) is 23.7 Å². The minimum atomic E-state index is -0.235. The summed E-state index contributed by atoms with van der Waals surface area (Å²) in [6.07, 6.45) is 0. The lowest BCUT2D eigenvalue weighted by Gasteiger charge is -2.20. The Kier molecular flexibility index (Phi) is 3.59. The average Bonchev–Trinajstić information content (AvgIpc) is 2.94. The van der Waals surface area contributed by atoms with Gasteiger partial charge >= 0.3 is 0 Å². The molecule has 4 rings (SSSR count). The third kappa shape index (κ3) is 2.40. The zero-order valence-corrected chi connectivity index (χ0v) is 15.5. The van der Waals surface area contributed by atoms with Crippen molar-refractivity contribution in [2.24, 2.45) is 7.05 Å². The van der Waals surface area contributed by atoms with Crippen molar-refractivity contribution in [2.45, 2.75) is 20.0 Å². The molecule has 0 N–H and O–H groups in total. The third-order valence-electron chi connectivity index (χ3n) is 4.43. The van der Waals surface area contributed by atoms with Gasteiger partial charge in [0.2, 0.25) is 5.95 Å². The van der Waals surface area contributed by atoms with Crippen LogP contribution < -0.4 is 10.5 Å². The van der Waals surface area contributed by atoms with Gasteiger partial charge in [0.25, 0.3) is 5.56 Å². The molecule has 1 aliphatic heterocycles. The summed E-state index contributed by atoms with van der Waals surface area (Å²) in [7, 11) is 1.74. The summed E-state index contributed by atoms with van der Waals surface area (Å²) in [4.78, 5) is 19.5. The predicted molar refractivity (Wildman–Crippen MR) is 101 cm³/mol. The molecule has 122 valence electrons. The van der Waals surface area contributed by atoms with Gasteiger partial charge in [0.05, 0.1) is 10.9 Å². The van der Waals surface area contributed by atoms with Crippen LogP contribution in [0.15, 0.2) is 35.1 Å². The van der Waals surface area contributed by atoms with Gasteiger partial charge in [-0.25, -0.2) is 9.37 Å². The minimum absolute atomic E-state index is 0.0567. The monoisotopic (exact) mass is 435 g/mol. The van der Waals surface area contributed by atoms with E-state index in [1.807, 2.05) is 24.0 Å². The Morgan fingerprint density at radius 3 is 2.71 bits per heavy atom. The van der Waals surface area contributed by atoms with Crippen molar-refractivity contribution in [3.8, 4) is 0 Å². The summed E-state index contributed by atoms with van der Waals surface area (Å²) in [6.45, 7) is 3.16. The van der Waals surface area contributed by atoms with E-state index in [-0.39, 0.29) is 11.4 Å². The summed E-state index contributed by atoms with van der Waals surface area (Å²) >= 11 is 2.22. The highest BCUT2D eigenvalue weighted by molar-refractivity contribution is 14.1. The molecule has 0 fully saturated rings. The second-order valence-corrected chi connectivity index (χ2v) is 7.35. The molecule has 6 heteroatoms. The first-order valence-corrected chi connectivity index (χ1v) is 8.71. The fraction of sp³-hybridized carbons (Fsp3) is 0.222. The Labute approximate surface area is 152 Å². The number of hydrogen-bond donors (Lipinski definition) is 0. The maximum atomic E-state index is 13.4. The van der Waals surface area contributed by atoms with Crippen molar-refractivity contribution in [1.82, 2.24) is 9.55 Å². The van der Waals surface area contributed by atoms with Crippen LogP contribution in [-0.2, 0) is 20.1 Å². The quantitative estimate of drug-likeness (QED) is 0.550. The standard InChI is InChI=1S/C18H15FIN3O/c1-10-5-14-16(15(20)6-10)21-18(22(2)17(14)24)23-8-11-3-4-13(19)7-12(11)9-23/h3-7H,8-9H2,1-2H3. The molecule has 24 heavy (non-hydrogen) atoms. The second-order valence-electron chi connectivity index (χ2n) is 6.19. The van der Waals surface area contributed by atoms with Gasteiger partial charge < -0.3 is 4.90 Å². The highest BCUT2D eigenvalue weighted by Crippen LogP contribution is 2.28. The number of hydrogen-bond acceptors (Lipinski definition) is 3. The average molecular weight is 435 g/mol. The van der Waals surface area contributed by atoms with Crippen LogP contribution in [0.5, 0.6) is 0 Å². The molecule has 0 unspecified atom stereocenters. The molecule has 0 saturated carbocycles. The highest BCUT2D eigenvalue weighted by atomic mass is 127. The number of aromatic nitrogens is 2. The Morgan fingerprint density at radius 2 is 1.92 bits per heavy atom. The largest absolute Gasteiger partial charge is 0.333 e. The zero-order valence-electron chi connectivity index (χ0n) is 13.3. The lowest BCUT2D eigenvalue weighted by Crippen LogP contribution is -2.28. The lowest BCUT2D eigenvalue weighted by atomic mass is 10.1. The fourth-order valence-corrected chi connectivity index (χ4v) is 4.15. The van der Waals surface area contributed by atoms with Crippen molar-refractivity contribution in [3.05, 3.63) is 66.8 Å². The molecule has 2 aromatic carbocycles. The van der Waals surface area contributed by atoms with E-state index in [2.05, 4.69) is 22.6 Å². The van der Waals surface area contributed by atoms with E-state index in [4.69, 9.17) is 4.98 Å². The smallest absolute Gasteiger partial charge is 0.262 e. The van der Waals surface area contributed by atoms with Gasteiger partial charge in [-0.15, -0.1) is 0 Å². The highest BCUT2D eigenvalue weighted by Gasteiger charge is 2.24. The summed E-state index contributed by atoms with van der Waals surface area (Å²) < 4.78 is 16.0. The lowest BCUT2D eigenvalue weighted by molar-refractivity contribution is 0.626. The van der Waals surface area contributed by atoms with Gasteiger partial charge in [-0.2, -0.15) is 0 Å². The van der Waals surface area contributed by atoms with E-state index >= 15 is 0 Å². The molecular formula is C18H15FIN3O. The van der Waals surface area contributed by atoms with E-state index < -0.39 is 0 Å². The van der Waals surface area contributed by atoms with Crippen LogP contribution in [0.2, 0.25) is 0 Å². The molecule has 1 aromatic heterocycles. The molecule has 0 aliphatic carbocycles. The number of benzene rings is 2. The van der Waals surface area contributed by atoms with Crippen molar-refractivity contribution in [2.75, 3.05) is 4.90 Å². The molecular weight excluding hydrogens is 420 g/mol. The number of nitrogens with zero attached hydrogens (tertiary/aromatic N) is 3. The maximum Gasteiger partial charge on any atom is 0.262 e. The molecule has 0 bridgehead atoms. The van der Waals surface area contributed by atoms with Crippen molar-refractivity contribution >= 4 is 39.4 Å². The van der Waals surface area contributed by atoms with E-state index in [1.165, 1.54) is 6.07 Å². The van der Waals surface area contributed by atoms with Gasteiger partial charge in [-0.3, -0.25) is 9.36 Å². The molecule has 0 saturated heterocycles. The number of halogens is 2. The van der Waals surface area contributed by atoms with Crippen LogP contribution >= 0.6 is 22.6 Å². The number of rotatable bonds is 1. The molecule has 4 nitrogen and oxygen atoms in total. The fourth-order valence-electron chi connectivity index (χ4n) is 3.25. The molecule has 1 aliphatic rings. The predicted octanol–water partition coefficient (Wildman–Crippen LogP) is 3.51. The number of fused-ring (bicyclic) bond motifs is 2. The maximum absolute atomic E-state index is 13.4. The summed E-state index contributed by atoms with van der Waals surface area (Å²) in [6, 6.07) is 8.73. The van der Waals surface area contributed by atoms with Crippen LogP contribution in [0.4, 0.5) is 10.3 Å². The van der Waals surface area contributed by atoms with Crippen LogP contribution in [-0.4, -0.2) is 9.55 Å². The number of anilines is 1. The minimum Gasteiger partial charge on any atom is -0.333 e. The SMILES string of the molecule is Cc1cc(I)c2nc(N3Cc4ccc(F)cc4C3)n(C)c(=O)c2c1.